The van der Waals surface area contributed by atoms with Crippen molar-refractivity contribution in [1.29, 1.82) is 0 Å². The number of methoxy groups -OCH3 is 3. The second kappa shape index (κ2) is 9.03. The lowest BCUT2D eigenvalue weighted by Crippen LogP contribution is -2.20. The van der Waals surface area contributed by atoms with Crippen molar-refractivity contribution >= 4 is 17.7 Å². The van der Waals surface area contributed by atoms with Crippen LogP contribution in [0.1, 0.15) is 11.1 Å². The Balaban J connectivity index is 1.74. The van der Waals surface area contributed by atoms with Crippen molar-refractivity contribution in [2.75, 3.05) is 28.1 Å². The van der Waals surface area contributed by atoms with Crippen LogP contribution in [0.2, 0.25) is 0 Å². The molecule has 2 aromatic carbocycles. The van der Waals surface area contributed by atoms with Gasteiger partial charge in [0.15, 0.2) is 23.0 Å². The minimum absolute atomic E-state index is 0.00665. The average Bonchev–Trinajstić information content (AvgIpc) is 3.22. The molecular weight excluding hydrogens is 396 g/mol. The molecule has 0 saturated heterocycles. The molecule has 0 aromatic heterocycles. The molecule has 0 radical (unpaired) electrons. The van der Waals surface area contributed by atoms with Gasteiger partial charge in [-0.15, -0.1) is 0 Å². The van der Waals surface area contributed by atoms with E-state index in [4.69, 9.17) is 23.7 Å². The molecule has 0 bridgehead atoms. The van der Waals surface area contributed by atoms with E-state index in [1.807, 2.05) is 0 Å². The van der Waals surface area contributed by atoms with Crippen molar-refractivity contribution in [3.8, 4) is 28.7 Å². The van der Waals surface area contributed by atoms with Crippen LogP contribution in [-0.4, -0.2) is 39.0 Å². The van der Waals surface area contributed by atoms with Crippen molar-refractivity contribution in [2.45, 2.75) is 6.54 Å². The number of hydrogen-bond acceptors (Lipinski definition) is 8. The van der Waals surface area contributed by atoms with Crippen molar-refractivity contribution in [3.63, 3.8) is 0 Å². The maximum absolute atomic E-state index is 12.3. The molecule has 1 aliphatic heterocycles. The zero-order valence-electron chi connectivity index (χ0n) is 16.6. The smallest absolute Gasteiger partial charge is 0.280 e. The molecule has 3 rings (SSSR count). The van der Waals surface area contributed by atoms with E-state index in [-0.39, 0.29) is 24.6 Å². The Morgan fingerprint density at radius 2 is 1.70 bits per heavy atom. The highest BCUT2D eigenvalue weighted by atomic mass is 16.7. The highest BCUT2D eigenvalue weighted by molar-refractivity contribution is 5.92. The van der Waals surface area contributed by atoms with Gasteiger partial charge in [-0.3, -0.25) is 14.9 Å². The second-order valence-electron chi connectivity index (χ2n) is 6.09. The second-order valence-corrected chi connectivity index (χ2v) is 6.09. The number of amides is 1. The normalized spacial score (nSPS) is 12.0. The number of hydrogen-bond donors (Lipinski definition) is 1. The van der Waals surface area contributed by atoms with Crippen LogP contribution in [0.3, 0.4) is 0 Å². The molecule has 1 N–H and O–H groups in total. The molecule has 10 nitrogen and oxygen atoms in total. The van der Waals surface area contributed by atoms with E-state index >= 15 is 0 Å². The number of carbonyl (C=O) groups is 1. The summed E-state index contributed by atoms with van der Waals surface area (Å²) in [7, 11) is 4.53. The fourth-order valence-corrected chi connectivity index (χ4v) is 2.88. The monoisotopic (exact) mass is 416 g/mol. The Hall–Kier alpha value is -3.95. The van der Waals surface area contributed by atoms with Gasteiger partial charge in [0, 0.05) is 24.3 Å². The van der Waals surface area contributed by atoms with Crippen LogP contribution in [0, 0.1) is 10.1 Å². The van der Waals surface area contributed by atoms with E-state index < -0.39 is 10.8 Å². The highest BCUT2D eigenvalue weighted by Crippen LogP contribution is 2.38. The molecule has 1 heterocycles. The molecule has 0 saturated carbocycles. The SMILES string of the molecule is COc1cc(OC)c(OC)cc1CNC(=O)/C=C/c1cc2c(cc1[N+](=O)[O-])OCO2. The number of ether oxygens (including phenoxy) is 5. The van der Waals surface area contributed by atoms with Gasteiger partial charge < -0.3 is 29.0 Å². The van der Waals surface area contributed by atoms with E-state index in [1.54, 1.807) is 12.1 Å². The third-order valence-electron chi connectivity index (χ3n) is 4.37. The fourth-order valence-electron chi connectivity index (χ4n) is 2.88. The number of rotatable bonds is 8. The molecule has 1 aliphatic rings. The largest absolute Gasteiger partial charge is 0.496 e. The van der Waals surface area contributed by atoms with Gasteiger partial charge in [-0.1, -0.05) is 0 Å². The van der Waals surface area contributed by atoms with Gasteiger partial charge in [0.2, 0.25) is 12.7 Å². The Morgan fingerprint density at radius 3 is 2.33 bits per heavy atom. The molecule has 0 spiro atoms. The van der Waals surface area contributed by atoms with Crippen LogP contribution in [0.4, 0.5) is 5.69 Å². The molecule has 0 atom stereocenters. The number of nitro groups is 1. The minimum atomic E-state index is -0.548. The Kier molecular flexibility index (Phi) is 6.26. The quantitative estimate of drug-likeness (QED) is 0.396. The molecular formula is C20H20N2O8. The minimum Gasteiger partial charge on any atom is -0.496 e. The number of benzene rings is 2. The number of fused-ring (bicyclic) bond motifs is 1. The third kappa shape index (κ3) is 4.37. The van der Waals surface area contributed by atoms with Gasteiger partial charge in [0.1, 0.15) is 5.75 Å². The predicted molar refractivity (Wildman–Crippen MR) is 106 cm³/mol. The average molecular weight is 416 g/mol. The molecule has 0 aliphatic carbocycles. The molecule has 158 valence electrons. The summed E-state index contributed by atoms with van der Waals surface area (Å²) < 4.78 is 26.2. The Labute approximate surface area is 172 Å². The van der Waals surface area contributed by atoms with Crippen LogP contribution in [0.25, 0.3) is 6.08 Å². The van der Waals surface area contributed by atoms with Crippen LogP contribution >= 0.6 is 0 Å². The van der Waals surface area contributed by atoms with Gasteiger partial charge in [-0.2, -0.15) is 0 Å². The molecule has 0 unspecified atom stereocenters. The zero-order chi connectivity index (χ0) is 21.7. The summed E-state index contributed by atoms with van der Waals surface area (Å²) in [5, 5.41) is 14.0. The summed E-state index contributed by atoms with van der Waals surface area (Å²) in [5.41, 5.74) is 0.707. The van der Waals surface area contributed by atoms with E-state index in [1.165, 1.54) is 45.6 Å². The van der Waals surface area contributed by atoms with Crippen LogP contribution in [-0.2, 0) is 11.3 Å². The lowest BCUT2D eigenvalue weighted by Gasteiger charge is -2.14. The summed E-state index contributed by atoms with van der Waals surface area (Å²) in [5.74, 6) is 1.75. The highest BCUT2D eigenvalue weighted by Gasteiger charge is 2.22. The maximum Gasteiger partial charge on any atom is 0.280 e. The topological polar surface area (TPSA) is 118 Å². The number of nitro benzene ring substituents is 1. The van der Waals surface area contributed by atoms with Gasteiger partial charge in [-0.05, 0) is 18.2 Å². The molecule has 1 amide bonds. The summed E-state index contributed by atoms with van der Waals surface area (Å²) in [6.45, 7) is 0.142. The first-order valence-corrected chi connectivity index (χ1v) is 8.79. The van der Waals surface area contributed by atoms with E-state index in [0.717, 1.165) is 0 Å². The van der Waals surface area contributed by atoms with Crippen molar-refractivity contribution in [1.82, 2.24) is 5.32 Å². The Morgan fingerprint density at radius 1 is 1.07 bits per heavy atom. The lowest BCUT2D eigenvalue weighted by atomic mass is 10.1. The molecule has 0 fully saturated rings. The van der Waals surface area contributed by atoms with Crippen molar-refractivity contribution in [3.05, 3.63) is 51.6 Å². The Bertz CT molecular complexity index is 1000. The van der Waals surface area contributed by atoms with Crippen molar-refractivity contribution in [2.24, 2.45) is 0 Å². The first-order chi connectivity index (χ1) is 14.5. The third-order valence-corrected chi connectivity index (χ3v) is 4.37. The number of nitrogens with zero attached hydrogens (tertiary/aromatic N) is 1. The van der Waals surface area contributed by atoms with Crippen molar-refractivity contribution < 1.29 is 33.4 Å². The summed E-state index contributed by atoms with van der Waals surface area (Å²) in [4.78, 5) is 23.0. The van der Waals surface area contributed by atoms with Crippen LogP contribution < -0.4 is 29.0 Å². The first-order valence-electron chi connectivity index (χ1n) is 8.79. The standard InChI is InChI=1S/C20H20N2O8/c1-26-15-9-17(28-3)16(27-2)7-13(15)10-21-20(23)5-4-12-6-18-19(30-11-29-18)8-14(12)22(24)25/h4-9H,10-11H2,1-3H3,(H,21,23)/b5-4+. The molecule has 10 heteroatoms. The molecule has 2 aromatic rings. The molecule has 30 heavy (non-hydrogen) atoms. The summed E-state index contributed by atoms with van der Waals surface area (Å²) >= 11 is 0. The zero-order valence-corrected chi connectivity index (χ0v) is 16.6. The van der Waals surface area contributed by atoms with Gasteiger partial charge in [-0.25, -0.2) is 0 Å². The van der Waals surface area contributed by atoms with Crippen LogP contribution in [0.15, 0.2) is 30.3 Å². The van der Waals surface area contributed by atoms with E-state index in [2.05, 4.69) is 5.32 Å². The summed E-state index contributed by atoms with van der Waals surface area (Å²) in [6, 6.07) is 6.09. The first kappa shape index (κ1) is 20.8. The van der Waals surface area contributed by atoms with E-state index in [0.29, 0.717) is 34.3 Å². The van der Waals surface area contributed by atoms with E-state index in [9.17, 15) is 14.9 Å². The fraction of sp³-hybridized carbons (Fsp3) is 0.250. The summed E-state index contributed by atoms with van der Waals surface area (Å²) in [6.07, 6.45) is 2.55. The van der Waals surface area contributed by atoms with Crippen LogP contribution in [0.5, 0.6) is 28.7 Å². The van der Waals surface area contributed by atoms with Gasteiger partial charge >= 0.3 is 0 Å². The van der Waals surface area contributed by atoms with Gasteiger partial charge in [0.05, 0.1) is 37.9 Å². The maximum atomic E-state index is 12.3. The number of nitrogens with one attached hydrogen (secondary N) is 1. The number of carbonyl (C=O) groups excluding carboxylic acids is 1. The predicted octanol–water partition coefficient (Wildman–Crippen LogP) is 2.68. The lowest BCUT2D eigenvalue weighted by molar-refractivity contribution is -0.385. The van der Waals surface area contributed by atoms with Gasteiger partial charge in [0.25, 0.3) is 5.69 Å².